The first-order chi connectivity index (χ1) is 8.09. The highest BCUT2D eigenvalue weighted by Crippen LogP contribution is 2.45. The molecule has 1 amide bonds. The molecule has 1 aliphatic rings. The highest BCUT2D eigenvalue weighted by Gasteiger charge is 2.48. The number of benzene rings is 1. The lowest BCUT2D eigenvalue weighted by Crippen LogP contribution is -2.38. The summed E-state index contributed by atoms with van der Waals surface area (Å²) >= 11 is 6.09. The molecule has 3 N–H and O–H groups in total. The predicted molar refractivity (Wildman–Crippen MR) is 68.7 cm³/mol. The number of carbonyl (C=O) groups excluding carboxylic acids is 1. The van der Waals surface area contributed by atoms with Crippen LogP contribution in [0.1, 0.15) is 31.4 Å². The quantitative estimate of drug-likeness (QED) is 0.864. The first-order valence-electron chi connectivity index (χ1n) is 5.84. The van der Waals surface area contributed by atoms with E-state index in [0.717, 1.165) is 18.4 Å². The third-order valence-electron chi connectivity index (χ3n) is 3.45. The van der Waals surface area contributed by atoms with Gasteiger partial charge in [-0.25, -0.2) is 0 Å². The van der Waals surface area contributed by atoms with Crippen molar-refractivity contribution < 1.29 is 4.79 Å². The van der Waals surface area contributed by atoms with Crippen molar-refractivity contribution in [2.45, 2.75) is 25.8 Å². The van der Waals surface area contributed by atoms with Crippen LogP contribution in [0.15, 0.2) is 24.3 Å². The number of hydrogen-bond donors (Lipinski definition) is 2. The van der Waals surface area contributed by atoms with E-state index in [0.29, 0.717) is 11.6 Å². The fourth-order valence-corrected chi connectivity index (χ4v) is 2.23. The lowest BCUT2D eigenvalue weighted by molar-refractivity contribution is -0.126. The fraction of sp³-hybridized carbons (Fsp3) is 0.462. The van der Waals surface area contributed by atoms with Gasteiger partial charge in [0.2, 0.25) is 5.91 Å². The number of halogens is 1. The zero-order valence-electron chi connectivity index (χ0n) is 9.87. The number of hydrogen-bond acceptors (Lipinski definition) is 2. The van der Waals surface area contributed by atoms with Gasteiger partial charge in [-0.15, -0.1) is 0 Å². The Morgan fingerprint density at radius 3 is 2.71 bits per heavy atom. The second kappa shape index (κ2) is 4.67. The Morgan fingerprint density at radius 1 is 1.53 bits per heavy atom. The SMILES string of the molecule is C[C@@H](NC(=O)C1(CN)CC1)c1ccccc1Cl. The molecule has 0 spiro atoms. The Balaban J connectivity index is 2.05. The Hall–Kier alpha value is -1.06. The lowest BCUT2D eigenvalue weighted by Gasteiger charge is -2.19. The van der Waals surface area contributed by atoms with E-state index in [1.807, 2.05) is 31.2 Å². The van der Waals surface area contributed by atoms with Crippen LogP contribution in [0.4, 0.5) is 0 Å². The largest absolute Gasteiger partial charge is 0.349 e. The lowest BCUT2D eigenvalue weighted by atomic mass is 10.0. The first-order valence-corrected chi connectivity index (χ1v) is 6.22. The van der Waals surface area contributed by atoms with E-state index < -0.39 is 0 Å². The number of nitrogens with two attached hydrogens (primary N) is 1. The Morgan fingerprint density at radius 2 is 2.18 bits per heavy atom. The predicted octanol–water partition coefficient (Wildman–Crippen LogP) is 2.26. The molecule has 0 heterocycles. The molecule has 0 saturated heterocycles. The van der Waals surface area contributed by atoms with E-state index in [4.69, 9.17) is 17.3 Å². The van der Waals surface area contributed by atoms with Crippen molar-refractivity contribution in [3.63, 3.8) is 0 Å². The summed E-state index contributed by atoms with van der Waals surface area (Å²) in [5.74, 6) is 0.0485. The molecule has 1 saturated carbocycles. The molecule has 1 aromatic carbocycles. The zero-order valence-corrected chi connectivity index (χ0v) is 10.6. The Labute approximate surface area is 106 Å². The number of carbonyl (C=O) groups is 1. The van der Waals surface area contributed by atoms with Crippen LogP contribution in [0, 0.1) is 5.41 Å². The van der Waals surface area contributed by atoms with E-state index in [-0.39, 0.29) is 17.4 Å². The number of nitrogens with one attached hydrogen (secondary N) is 1. The van der Waals surface area contributed by atoms with Gasteiger partial charge in [0, 0.05) is 11.6 Å². The summed E-state index contributed by atoms with van der Waals surface area (Å²) < 4.78 is 0. The molecule has 0 aliphatic heterocycles. The average Bonchev–Trinajstić information content (AvgIpc) is 3.10. The minimum atomic E-state index is -0.310. The molecule has 1 fully saturated rings. The molecule has 4 heteroatoms. The molecular formula is C13H17ClN2O. The highest BCUT2D eigenvalue weighted by molar-refractivity contribution is 6.31. The van der Waals surface area contributed by atoms with Crippen molar-refractivity contribution in [3.05, 3.63) is 34.9 Å². The maximum atomic E-state index is 12.0. The zero-order chi connectivity index (χ0) is 12.5. The van der Waals surface area contributed by atoms with Crippen molar-refractivity contribution in [1.82, 2.24) is 5.32 Å². The topological polar surface area (TPSA) is 55.1 Å². The summed E-state index contributed by atoms with van der Waals surface area (Å²) in [6, 6.07) is 7.47. The molecule has 0 radical (unpaired) electrons. The summed E-state index contributed by atoms with van der Waals surface area (Å²) in [7, 11) is 0. The molecule has 1 aromatic rings. The maximum Gasteiger partial charge on any atom is 0.227 e. The standard InChI is InChI=1S/C13H17ClN2O/c1-9(10-4-2-3-5-11(10)14)16-12(17)13(8-15)6-7-13/h2-5,9H,6-8,15H2,1H3,(H,16,17)/t9-/m1/s1. The van der Waals surface area contributed by atoms with Crippen molar-refractivity contribution >= 4 is 17.5 Å². The summed E-state index contributed by atoms with van der Waals surface area (Å²) in [4.78, 5) is 12.0. The molecule has 92 valence electrons. The van der Waals surface area contributed by atoms with Gasteiger partial charge in [-0.05, 0) is 31.4 Å². The molecule has 0 bridgehead atoms. The molecule has 2 rings (SSSR count). The second-order valence-electron chi connectivity index (χ2n) is 4.70. The van der Waals surface area contributed by atoms with E-state index in [9.17, 15) is 4.79 Å². The normalized spacial score (nSPS) is 18.5. The average molecular weight is 253 g/mol. The smallest absolute Gasteiger partial charge is 0.227 e. The summed E-state index contributed by atoms with van der Waals surface area (Å²) in [6.07, 6.45) is 1.79. The van der Waals surface area contributed by atoms with Crippen LogP contribution in [-0.2, 0) is 4.79 Å². The van der Waals surface area contributed by atoms with Gasteiger partial charge in [-0.3, -0.25) is 4.79 Å². The van der Waals surface area contributed by atoms with Crippen LogP contribution in [0.25, 0.3) is 0 Å². The van der Waals surface area contributed by atoms with Crippen LogP contribution in [0.2, 0.25) is 5.02 Å². The molecule has 1 aliphatic carbocycles. The van der Waals surface area contributed by atoms with Crippen LogP contribution < -0.4 is 11.1 Å². The molecule has 17 heavy (non-hydrogen) atoms. The third kappa shape index (κ3) is 2.45. The molecular weight excluding hydrogens is 236 g/mol. The summed E-state index contributed by atoms with van der Waals surface area (Å²) in [5.41, 5.74) is 6.26. The number of amides is 1. The van der Waals surface area contributed by atoms with Gasteiger partial charge < -0.3 is 11.1 Å². The third-order valence-corrected chi connectivity index (χ3v) is 3.79. The molecule has 3 nitrogen and oxygen atoms in total. The van der Waals surface area contributed by atoms with Crippen LogP contribution in [0.3, 0.4) is 0 Å². The minimum Gasteiger partial charge on any atom is -0.349 e. The monoisotopic (exact) mass is 252 g/mol. The highest BCUT2D eigenvalue weighted by atomic mass is 35.5. The van der Waals surface area contributed by atoms with Crippen molar-refractivity contribution in [3.8, 4) is 0 Å². The molecule has 1 atom stereocenters. The maximum absolute atomic E-state index is 12.0. The van der Waals surface area contributed by atoms with Gasteiger partial charge in [-0.2, -0.15) is 0 Å². The summed E-state index contributed by atoms with van der Waals surface area (Å²) in [5, 5.41) is 3.67. The van der Waals surface area contributed by atoms with Gasteiger partial charge >= 0.3 is 0 Å². The van der Waals surface area contributed by atoms with Gasteiger partial charge in [-0.1, -0.05) is 29.8 Å². The summed E-state index contributed by atoms with van der Waals surface area (Å²) in [6.45, 7) is 2.36. The first kappa shape index (κ1) is 12.4. The Kier molecular flexibility index (Phi) is 3.40. The van der Waals surface area contributed by atoms with E-state index in [2.05, 4.69) is 5.32 Å². The van der Waals surface area contributed by atoms with Crippen molar-refractivity contribution in [2.75, 3.05) is 6.54 Å². The molecule has 0 aromatic heterocycles. The van der Waals surface area contributed by atoms with Gasteiger partial charge in [0.15, 0.2) is 0 Å². The Bertz CT molecular complexity index is 429. The van der Waals surface area contributed by atoms with Crippen molar-refractivity contribution in [2.24, 2.45) is 11.1 Å². The van der Waals surface area contributed by atoms with Gasteiger partial charge in [0.05, 0.1) is 11.5 Å². The minimum absolute atomic E-state index is 0.0485. The van der Waals surface area contributed by atoms with Crippen LogP contribution in [-0.4, -0.2) is 12.5 Å². The number of rotatable bonds is 4. The fourth-order valence-electron chi connectivity index (χ4n) is 1.93. The van der Waals surface area contributed by atoms with Crippen LogP contribution in [0.5, 0.6) is 0 Å². The van der Waals surface area contributed by atoms with Crippen molar-refractivity contribution in [1.29, 1.82) is 0 Å². The van der Waals surface area contributed by atoms with Crippen LogP contribution >= 0.6 is 11.6 Å². The van der Waals surface area contributed by atoms with E-state index in [1.54, 1.807) is 0 Å². The van der Waals surface area contributed by atoms with Gasteiger partial charge in [0.1, 0.15) is 0 Å². The van der Waals surface area contributed by atoms with E-state index in [1.165, 1.54) is 0 Å². The second-order valence-corrected chi connectivity index (χ2v) is 5.11. The molecule has 0 unspecified atom stereocenters. The van der Waals surface area contributed by atoms with Gasteiger partial charge in [0.25, 0.3) is 0 Å². The van der Waals surface area contributed by atoms with E-state index >= 15 is 0 Å².